The van der Waals surface area contributed by atoms with Crippen LogP contribution in [0.25, 0.3) is 0 Å². The number of benzene rings is 1. The Balaban J connectivity index is 2.10. The first-order valence-electron chi connectivity index (χ1n) is 6.22. The van der Waals surface area contributed by atoms with Crippen LogP contribution in [0.15, 0.2) is 24.3 Å². The SMILES string of the molecule is COCC(O)(Cc1ccc(C(F)(F)F)cc1)C1CC1. The summed E-state index contributed by atoms with van der Waals surface area (Å²) in [6.45, 7) is 0.207. The molecule has 19 heavy (non-hydrogen) atoms. The molecule has 0 heterocycles. The molecule has 1 aliphatic rings. The van der Waals surface area contributed by atoms with E-state index in [1.807, 2.05) is 0 Å². The zero-order valence-corrected chi connectivity index (χ0v) is 10.7. The topological polar surface area (TPSA) is 29.5 Å². The predicted molar refractivity (Wildman–Crippen MR) is 64.7 cm³/mol. The molecular weight excluding hydrogens is 257 g/mol. The second-order valence-corrected chi connectivity index (χ2v) is 5.18. The summed E-state index contributed by atoms with van der Waals surface area (Å²) in [5, 5.41) is 10.5. The van der Waals surface area contributed by atoms with Crippen LogP contribution in [0.5, 0.6) is 0 Å². The lowest BCUT2D eigenvalue weighted by Gasteiger charge is -2.27. The average molecular weight is 274 g/mol. The quantitative estimate of drug-likeness (QED) is 0.894. The van der Waals surface area contributed by atoms with E-state index in [1.165, 1.54) is 19.2 Å². The minimum absolute atomic E-state index is 0.190. The average Bonchev–Trinajstić information content (AvgIpc) is 3.12. The molecule has 0 aliphatic heterocycles. The van der Waals surface area contributed by atoms with Gasteiger partial charge >= 0.3 is 6.18 Å². The van der Waals surface area contributed by atoms with Gasteiger partial charge in [0.05, 0.1) is 17.8 Å². The molecule has 1 N–H and O–H groups in total. The number of ether oxygens (including phenoxy) is 1. The fourth-order valence-corrected chi connectivity index (χ4v) is 2.35. The summed E-state index contributed by atoms with van der Waals surface area (Å²) >= 11 is 0. The second-order valence-electron chi connectivity index (χ2n) is 5.18. The molecule has 0 spiro atoms. The summed E-state index contributed by atoms with van der Waals surface area (Å²) in [5.74, 6) is 0.190. The number of methoxy groups -OCH3 is 1. The van der Waals surface area contributed by atoms with Gasteiger partial charge in [0, 0.05) is 13.5 Å². The molecule has 0 aromatic heterocycles. The van der Waals surface area contributed by atoms with Crippen molar-refractivity contribution in [2.45, 2.75) is 31.0 Å². The highest BCUT2D eigenvalue weighted by Crippen LogP contribution is 2.41. The zero-order valence-electron chi connectivity index (χ0n) is 10.7. The second kappa shape index (κ2) is 5.13. The van der Waals surface area contributed by atoms with Crippen LogP contribution in [0.2, 0.25) is 0 Å². The Labute approximate surface area is 110 Å². The number of rotatable bonds is 5. The van der Waals surface area contributed by atoms with Gasteiger partial charge in [-0.3, -0.25) is 0 Å². The van der Waals surface area contributed by atoms with Crippen molar-refractivity contribution in [3.05, 3.63) is 35.4 Å². The van der Waals surface area contributed by atoms with E-state index in [9.17, 15) is 18.3 Å². The van der Waals surface area contributed by atoms with Crippen LogP contribution in [0.4, 0.5) is 13.2 Å². The lowest BCUT2D eigenvalue weighted by molar-refractivity contribution is -0.137. The van der Waals surface area contributed by atoms with Gasteiger partial charge in [0.15, 0.2) is 0 Å². The van der Waals surface area contributed by atoms with E-state index in [-0.39, 0.29) is 12.5 Å². The predicted octanol–water partition coefficient (Wildman–Crippen LogP) is 3.04. The highest BCUT2D eigenvalue weighted by Gasteiger charge is 2.43. The fourth-order valence-electron chi connectivity index (χ4n) is 2.35. The maximum Gasteiger partial charge on any atom is 0.416 e. The summed E-state index contributed by atoms with van der Waals surface area (Å²) < 4.78 is 42.4. The molecule has 0 bridgehead atoms. The van der Waals surface area contributed by atoms with Crippen molar-refractivity contribution in [3.8, 4) is 0 Å². The van der Waals surface area contributed by atoms with Gasteiger partial charge in [0.2, 0.25) is 0 Å². The van der Waals surface area contributed by atoms with Gasteiger partial charge in [-0.25, -0.2) is 0 Å². The van der Waals surface area contributed by atoms with Crippen LogP contribution < -0.4 is 0 Å². The standard InChI is InChI=1S/C14H17F3O2/c1-19-9-13(18,11-6-7-11)8-10-2-4-12(5-3-10)14(15,16)17/h2-5,11,18H,6-9H2,1H3. The van der Waals surface area contributed by atoms with Gasteiger partial charge in [-0.15, -0.1) is 0 Å². The molecule has 0 amide bonds. The number of hydrogen-bond acceptors (Lipinski definition) is 2. The molecule has 1 atom stereocenters. The van der Waals surface area contributed by atoms with Crippen LogP contribution in [0.1, 0.15) is 24.0 Å². The molecule has 1 fully saturated rings. The zero-order chi connectivity index (χ0) is 14.1. The van der Waals surface area contributed by atoms with Crippen molar-refractivity contribution in [2.75, 3.05) is 13.7 Å². The van der Waals surface area contributed by atoms with E-state index in [4.69, 9.17) is 4.74 Å². The highest BCUT2D eigenvalue weighted by molar-refractivity contribution is 5.26. The maximum absolute atomic E-state index is 12.4. The first-order chi connectivity index (χ1) is 8.85. The summed E-state index contributed by atoms with van der Waals surface area (Å²) in [6.07, 6.45) is -2.11. The van der Waals surface area contributed by atoms with Crippen molar-refractivity contribution >= 4 is 0 Å². The van der Waals surface area contributed by atoms with Crippen LogP contribution in [-0.2, 0) is 17.3 Å². The van der Waals surface area contributed by atoms with Crippen LogP contribution in [-0.4, -0.2) is 24.4 Å². The molecule has 1 aromatic carbocycles. The Morgan fingerprint density at radius 3 is 2.21 bits per heavy atom. The molecule has 106 valence electrons. The molecule has 1 unspecified atom stereocenters. The first-order valence-corrected chi connectivity index (χ1v) is 6.22. The normalized spacial score (nSPS) is 19.2. The van der Waals surface area contributed by atoms with Crippen molar-refractivity contribution < 1.29 is 23.0 Å². The maximum atomic E-state index is 12.4. The number of alkyl halides is 3. The summed E-state index contributed by atoms with van der Waals surface area (Å²) in [6, 6.07) is 4.95. The van der Waals surface area contributed by atoms with E-state index in [0.717, 1.165) is 25.0 Å². The van der Waals surface area contributed by atoms with Crippen LogP contribution >= 0.6 is 0 Å². The van der Waals surface area contributed by atoms with Crippen LogP contribution in [0.3, 0.4) is 0 Å². The van der Waals surface area contributed by atoms with Crippen molar-refractivity contribution in [2.24, 2.45) is 5.92 Å². The third-order valence-electron chi connectivity index (χ3n) is 3.52. The van der Waals surface area contributed by atoms with Gasteiger partial charge in [0.1, 0.15) is 0 Å². The number of halogens is 3. The third-order valence-corrected chi connectivity index (χ3v) is 3.52. The Morgan fingerprint density at radius 1 is 1.21 bits per heavy atom. The summed E-state index contributed by atoms with van der Waals surface area (Å²) in [4.78, 5) is 0. The summed E-state index contributed by atoms with van der Waals surface area (Å²) in [7, 11) is 1.51. The first kappa shape index (κ1) is 14.3. The molecule has 0 radical (unpaired) electrons. The Bertz CT molecular complexity index is 423. The third kappa shape index (κ3) is 3.48. The van der Waals surface area contributed by atoms with Gasteiger partial charge in [-0.2, -0.15) is 13.2 Å². The minimum atomic E-state index is -4.32. The van der Waals surface area contributed by atoms with E-state index < -0.39 is 17.3 Å². The van der Waals surface area contributed by atoms with Gasteiger partial charge in [0.25, 0.3) is 0 Å². The molecule has 5 heteroatoms. The monoisotopic (exact) mass is 274 g/mol. The van der Waals surface area contributed by atoms with Crippen LogP contribution in [0, 0.1) is 5.92 Å². The smallest absolute Gasteiger partial charge is 0.387 e. The van der Waals surface area contributed by atoms with Crippen molar-refractivity contribution in [3.63, 3.8) is 0 Å². The lowest BCUT2D eigenvalue weighted by atomic mass is 9.90. The van der Waals surface area contributed by atoms with E-state index in [2.05, 4.69) is 0 Å². The molecule has 1 aromatic rings. The molecule has 2 rings (SSSR count). The van der Waals surface area contributed by atoms with Crippen molar-refractivity contribution in [1.82, 2.24) is 0 Å². The van der Waals surface area contributed by atoms with E-state index in [0.29, 0.717) is 12.0 Å². The number of aliphatic hydroxyl groups is 1. The molecule has 0 saturated heterocycles. The molecule has 1 aliphatic carbocycles. The van der Waals surface area contributed by atoms with Crippen molar-refractivity contribution in [1.29, 1.82) is 0 Å². The van der Waals surface area contributed by atoms with Gasteiger partial charge in [-0.1, -0.05) is 12.1 Å². The van der Waals surface area contributed by atoms with E-state index >= 15 is 0 Å². The number of hydrogen-bond donors (Lipinski definition) is 1. The van der Waals surface area contributed by atoms with Gasteiger partial charge < -0.3 is 9.84 Å². The Morgan fingerprint density at radius 2 is 1.79 bits per heavy atom. The lowest BCUT2D eigenvalue weighted by Crippen LogP contribution is -2.39. The summed E-state index contributed by atoms with van der Waals surface area (Å²) in [5.41, 5.74) is -0.938. The molecular formula is C14H17F3O2. The fraction of sp³-hybridized carbons (Fsp3) is 0.571. The molecule has 2 nitrogen and oxygen atoms in total. The Kier molecular flexibility index (Phi) is 3.87. The Hall–Kier alpha value is -1.07. The van der Waals surface area contributed by atoms with Gasteiger partial charge in [-0.05, 0) is 36.5 Å². The highest BCUT2D eigenvalue weighted by atomic mass is 19.4. The largest absolute Gasteiger partial charge is 0.416 e. The molecule has 1 saturated carbocycles. The minimum Gasteiger partial charge on any atom is -0.387 e. The van der Waals surface area contributed by atoms with E-state index in [1.54, 1.807) is 0 Å².